The maximum Gasteiger partial charge on any atom is 0.233 e. The molecule has 1 aliphatic heterocycles. The topological polar surface area (TPSA) is 81.2 Å². The van der Waals surface area contributed by atoms with E-state index in [2.05, 4.69) is 24.2 Å². The van der Waals surface area contributed by atoms with Crippen molar-refractivity contribution in [1.29, 1.82) is 0 Å². The highest BCUT2D eigenvalue weighted by Gasteiger charge is 2.70. The Balaban J connectivity index is 1.38. The molecular formula is C32H31FN4O2. The van der Waals surface area contributed by atoms with E-state index in [1.54, 1.807) is 23.0 Å². The molecule has 2 amide bonds. The van der Waals surface area contributed by atoms with Crippen LogP contribution in [0, 0.1) is 28.5 Å². The zero-order valence-electron chi connectivity index (χ0n) is 21.9. The quantitative estimate of drug-likeness (QED) is 0.326. The van der Waals surface area contributed by atoms with Crippen molar-refractivity contribution in [3.05, 3.63) is 90.4 Å². The van der Waals surface area contributed by atoms with Gasteiger partial charge in [-0.2, -0.15) is 5.10 Å². The molecule has 2 saturated carbocycles. The van der Waals surface area contributed by atoms with Crippen LogP contribution >= 0.6 is 0 Å². The molecule has 39 heavy (non-hydrogen) atoms. The largest absolute Gasteiger partial charge is 0.369 e. The highest BCUT2D eigenvalue weighted by atomic mass is 19.1. The van der Waals surface area contributed by atoms with Crippen molar-refractivity contribution in [1.82, 2.24) is 9.78 Å². The average Bonchev–Trinajstić information content (AvgIpc) is 3.86. The van der Waals surface area contributed by atoms with Gasteiger partial charge in [-0.1, -0.05) is 50.1 Å². The summed E-state index contributed by atoms with van der Waals surface area (Å²) in [5, 5.41) is 5.43. The third-order valence-electron chi connectivity index (χ3n) is 9.31. The van der Waals surface area contributed by atoms with Crippen LogP contribution in [0.4, 0.5) is 10.1 Å². The highest BCUT2D eigenvalue weighted by Crippen LogP contribution is 2.68. The first kappa shape index (κ1) is 24.1. The zero-order chi connectivity index (χ0) is 26.9. The lowest BCUT2D eigenvalue weighted by atomic mass is 9.64. The summed E-state index contributed by atoms with van der Waals surface area (Å²) >= 11 is 0. The number of primary amides is 1. The maximum atomic E-state index is 14.6. The van der Waals surface area contributed by atoms with E-state index in [-0.39, 0.29) is 29.6 Å². The molecule has 1 aromatic heterocycles. The van der Waals surface area contributed by atoms with E-state index in [4.69, 9.17) is 5.73 Å². The van der Waals surface area contributed by atoms with Crippen LogP contribution in [0.1, 0.15) is 50.6 Å². The van der Waals surface area contributed by atoms with Gasteiger partial charge in [0.25, 0.3) is 0 Å². The number of carbonyl (C=O) groups is 2. The Bertz CT molecular complexity index is 1590. The van der Waals surface area contributed by atoms with Gasteiger partial charge < -0.3 is 10.6 Å². The molecule has 2 aliphatic carbocycles. The molecule has 198 valence electrons. The Morgan fingerprint density at radius 1 is 1.03 bits per heavy atom. The first-order chi connectivity index (χ1) is 18.8. The molecule has 2 N–H and O–H groups in total. The van der Waals surface area contributed by atoms with E-state index >= 15 is 0 Å². The normalized spacial score (nSPS) is 25.8. The fourth-order valence-electron chi connectivity index (χ4n) is 7.15. The van der Waals surface area contributed by atoms with Crippen molar-refractivity contribution < 1.29 is 14.0 Å². The van der Waals surface area contributed by atoms with Gasteiger partial charge in [0.15, 0.2) is 0 Å². The molecule has 2 heterocycles. The fourth-order valence-corrected chi connectivity index (χ4v) is 7.15. The minimum absolute atomic E-state index is 0.0612. The number of aromatic nitrogens is 2. The van der Waals surface area contributed by atoms with Crippen LogP contribution in [0.3, 0.4) is 0 Å². The summed E-state index contributed by atoms with van der Waals surface area (Å²) in [7, 11) is 0. The van der Waals surface area contributed by atoms with Gasteiger partial charge in [0, 0.05) is 17.0 Å². The van der Waals surface area contributed by atoms with Crippen LogP contribution in [0.2, 0.25) is 0 Å². The Labute approximate surface area is 226 Å². The first-order valence-electron chi connectivity index (χ1n) is 13.7. The minimum Gasteiger partial charge on any atom is -0.369 e. The lowest BCUT2D eigenvalue weighted by Gasteiger charge is -2.37. The molecule has 0 unspecified atom stereocenters. The number of amides is 2. The first-order valence-corrected chi connectivity index (χ1v) is 13.7. The Morgan fingerprint density at radius 2 is 1.72 bits per heavy atom. The highest BCUT2D eigenvalue weighted by molar-refractivity contribution is 6.04. The van der Waals surface area contributed by atoms with Crippen LogP contribution < -0.4 is 10.6 Å². The molecular weight excluding hydrogens is 491 g/mol. The van der Waals surface area contributed by atoms with Crippen molar-refractivity contribution in [2.75, 3.05) is 4.90 Å². The van der Waals surface area contributed by atoms with Gasteiger partial charge in [-0.15, -0.1) is 0 Å². The molecule has 4 aromatic rings. The van der Waals surface area contributed by atoms with Crippen LogP contribution in [0.5, 0.6) is 0 Å². The van der Waals surface area contributed by atoms with E-state index < -0.39 is 10.8 Å². The third kappa shape index (κ3) is 3.70. The van der Waals surface area contributed by atoms with Crippen LogP contribution in [0.15, 0.2) is 79.0 Å². The van der Waals surface area contributed by atoms with E-state index in [1.165, 1.54) is 12.1 Å². The van der Waals surface area contributed by atoms with Crippen LogP contribution in [-0.2, 0) is 9.59 Å². The van der Waals surface area contributed by atoms with Crippen LogP contribution in [0.25, 0.3) is 16.6 Å². The fraction of sp³-hybridized carbons (Fsp3) is 0.344. The molecule has 3 aliphatic rings. The van der Waals surface area contributed by atoms with Crippen molar-refractivity contribution in [2.45, 2.75) is 45.1 Å². The standard InChI is InChI=1S/C32H31FN4O2/c1-31(18-20-7-8-20)28(32(15-16-32)29(34)38)27(21-5-3-2-4-6-21)36(30(31)39)25-13-14-26-22(17-25)19-35-37(26)24-11-9-23(33)10-12-24/h2-6,9-14,17,19-20,27-28H,7-8,15-16,18H2,1H3,(H2,34,38)/t27-,28-,31-/m0/s1. The predicted octanol–water partition coefficient (Wildman–Crippen LogP) is 5.94. The van der Waals surface area contributed by atoms with Crippen molar-refractivity contribution in [3.8, 4) is 5.69 Å². The smallest absolute Gasteiger partial charge is 0.233 e. The third-order valence-corrected chi connectivity index (χ3v) is 9.31. The number of rotatable bonds is 7. The summed E-state index contributed by atoms with van der Waals surface area (Å²) in [5.41, 5.74) is 8.14. The number of nitrogens with zero attached hydrogens (tertiary/aromatic N) is 3. The number of halogens is 1. The summed E-state index contributed by atoms with van der Waals surface area (Å²) in [6.07, 6.45) is 6.25. The molecule has 3 aromatic carbocycles. The zero-order valence-corrected chi connectivity index (χ0v) is 21.9. The lowest BCUT2D eigenvalue weighted by molar-refractivity contribution is -0.132. The Kier molecular flexibility index (Phi) is 5.25. The second kappa shape index (κ2) is 8.50. The van der Waals surface area contributed by atoms with Crippen molar-refractivity contribution in [3.63, 3.8) is 0 Å². The average molecular weight is 523 g/mol. The Hall–Kier alpha value is -4.00. The molecule has 3 fully saturated rings. The number of carbonyl (C=O) groups excluding carboxylic acids is 2. The van der Waals surface area contributed by atoms with E-state index in [9.17, 15) is 14.0 Å². The molecule has 0 spiro atoms. The summed E-state index contributed by atoms with van der Waals surface area (Å²) < 4.78 is 15.3. The number of fused-ring (bicyclic) bond motifs is 1. The van der Waals surface area contributed by atoms with Gasteiger partial charge in [-0.25, -0.2) is 9.07 Å². The molecule has 0 radical (unpaired) electrons. The molecule has 1 saturated heterocycles. The monoisotopic (exact) mass is 522 g/mol. The summed E-state index contributed by atoms with van der Waals surface area (Å²) in [6.45, 7) is 2.07. The molecule has 6 nitrogen and oxygen atoms in total. The number of hydrogen-bond donors (Lipinski definition) is 1. The maximum absolute atomic E-state index is 14.6. The van der Waals surface area contributed by atoms with Gasteiger partial charge in [0.05, 0.1) is 34.3 Å². The number of anilines is 1. The van der Waals surface area contributed by atoms with E-state index in [1.807, 2.05) is 41.3 Å². The number of nitrogens with two attached hydrogens (primary N) is 1. The predicted molar refractivity (Wildman–Crippen MR) is 147 cm³/mol. The van der Waals surface area contributed by atoms with Gasteiger partial charge in [-0.05, 0) is 73.2 Å². The van der Waals surface area contributed by atoms with E-state index in [0.717, 1.165) is 59.9 Å². The van der Waals surface area contributed by atoms with E-state index in [0.29, 0.717) is 5.92 Å². The molecule has 0 bridgehead atoms. The van der Waals surface area contributed by atoms with Crippen LogP contribution in [-0.4, -0.2) is 21.6 Å². The van der Waals surface area contributed by atoms with Gasteiger partial charge >= 0.3 is 0 Å². The minimum atomic E-state index is -0.694. The molecule has 3 atom stereocenters. The van der Waals surface area contributed by atoms with Crippen molar-refractivity contribution >= 4 is 28.4 Å². The summed E-state index contributed by atoms with van der Waals surface area (Å²) in [6, 6.07) is 21.9. The Morgan fingerprint density at radius 3 is 2.36 bits per heavy atom. The lowest BCUT2D eigenvalue weighted by Crippen LogP contribution is -2.42. The second-order valence-corrected chi connectivity index (χ2v) is 11.9. The second-order valence-electron chi connectivity index (χ2n) is 11.9. The number of benzene rings is 3. The number of hydrogen-bond acceptors (Lipinski definition) is 3. The van der Waals surface area contributed by atoms with Gasteiger partial charge in [-0.3, -0.25) is 9.59 Å². The van der Waals surface area contributed by atoms with Gasteiger partial charge in [0.2, 0.25) is 11.8 Å². The summed E-state index contributed by atoms with van der Waals surface area (Å²) in [4.78, 5) is 29.5. The molecule has 7 rings (SSSR count). The summed E-state index contributed by atoms with van der Waals surface area (Å²) in [5.74, 6) is -0.231. The van der Waals surface area contributed by atoms with Gasteiger partial charge in [0.1, 0.15) is 5.82 Å². The molecule has 7 heteroatoms. The SMILES string of the molecule is C[C@@]1(CC2CC2)C(=O)N(c2ccc3c(cnn3-c3ccc(F)cc3)c2)[C@@H](c2ccccc2)[C@@H]1C1(C(N)=O)CC1. The van der Waals surface area contributed by atoms with Crippen molar-refractivity contribution in [2.24, 2.45) is 28.4 Å².